The Bertz CT molecular complexity index is 725. The summed E-state index contributed by atoms with van der Waals surface area (Å²) in [6, 6.07) is 12.6. The third-order valence-corrected chi connectivity index (χ3v) is 5.53. The molecule has 2 aromatic rings. The van der Waals surface area contributed by atoms with Crippen molar-refractivity contribution in [2.24, 2.45) is 0 Å². The van der Waals surface area contributed by atoms with Gasteiger partial charge in [-0.2, -0.15) is 4.98 Å². The Morgan fingerprint density at radius 1 is 0.893 bits per heavy atom. The summed E-state index contributed by atoms with van der Waals surface area (Å²) in [5, 5.41) is 3.47. The SMILES string of the molecule is c1ccc(-c2cc(N3CCCCCC3)nc(NCCN3CCOCC3)n2)cc1. The first-order valence-electron chi connectivity index (χ1n) is 10.6. The van der Waals surface area contributed by atoms with E-state index in [0.29, 0.717) is 0 Å². The first kappa shape index (κ1) is 19.2. The highest BCUT2D eigenvalue weighted by molar-refractivity contribution is 5.64. The molecule has 2 saturated heterocycles. The van der Waals surface area contributed by atoms with Gasteiger partial charge in [0.15, 0.2) is 0 Å². The third kappa shape index (κ3) is 5.20. The van der Waals surface area contributed by atoms with Gasteiger partial charge in [-0.1, -0.05) is 43.2 Å². The van der Waals surface area contributed by atoms with Crippen molar-refractivity contribution >= 4 is 11.8 Å². The molecular formula is C22H31N5O. The van der Waals surface area contributed by atoms with Crippen LogP contribution in [0.2, 0.25) is 0 Å². The second kappa shape index (κ2) is 9.85. The Morgan fingerprint density at radius 2 is 1.64 bits per heavy atom. The molecule has 0 atom stereocenters. The average Bonchev–Trinajstić information content (AvgIpc) is 3.05. The van der Waals surface area contributed by atoms with Gasteiger partial charge in [0.05, 0.1) is 18.9 Å². The van der Waals surface area contributed by atoms with Gasteiger partial charge in [-0.05, 0) is 12.8 Å². The van der Waals surface area contributed by atoms with Crippen LogP contribution in [-0.4, -0.2) is 67.4 Å². The number of aromatic nitrogens is 2. The monoisotopic (exact) mass is 381 g/mol. The zero-order chi connectivity index (χ0) is 19.0. The fourth-order valence-electron chi connectivity index (χ4n) is 3.88. The number of hydrogen-bond donors (Lipinski definition) is 1. The largest absolute Gasteiger partial charge is 0.379 e. The molecule has 6 nitrogen and oxygen atoms in total. The molecule has 0 bridgehead atoms. The molecule has 0 unspecified atom stereocenters. The molecule has 0 saturated carbocycles. The Balaban J connectivity index is 1.51. The highest BCUT2D eigenvalue weighted by Crippen LogP contribution is 2.25. The molecule has 4 rings (SSSR count). The predicted molar refractivity (Wildman–Crippen MR) is 114 cm³/mol. The summed E-state index contributed by atoms with van der Waals surface area (Å²) in [6.45, 7) is 7.67. The van der Waals surface area contributed by atoms with E-state index in [-0.39, 0.29) is 0 Å². The molecular weight excluding hydrogens is 350 g/mol. The summed E-state index contributed by atoms with van der Waals surface area (Å²) in [5.74, 6) is 1.78. The Kier molecular flexibility index (Phi) is 6.73. The molecule has 2 fully saturated rings. The van der Waals surface area contributed by atoms with Crippen LogP contribution in [0.3, 0.4) is 0 Å². The van der Waals surface area contributed by atoms with E-state index in [0.717, 1.165) is 75.5 Å². The number of ether oxygens (including phenoxy) is 1. The second-order valence-corrected chi connectivity index (χ2v) is 7.58. The van der Waals surface area contributed by atoms with Gasteiger partial charge >= 0.3 is 0 Å². The second-order valence-electron chi connectivity index (χ2n) is 7.58. The average molecular weight is 382 g/mol. The molecule has 28 heavy (non-hydrogen) atoms. The van der Waals surface area contributed by atoms with Gasteiger partial charge in [-0.15, -0.1) is 0 Å². The number of anilines is 2. The summed E-state index contributed by atoms with van der Waals surface area (Å²) in [7, 11) is 0. The van der Waals surface area contributed by atoms with Gasteiger partial charge in [0.1, 0.15) is 5.82 Å². The van der Waals surface area contributed by atoms with Crippen molar-refractivity contribution < 1.29 is 4.74 Å². The lowest BCUT2D eigenvalue weighted by Gasteiger charge is -2.26. The Hall–Kier alpha value is -2.18. The van der Waals surface area contributed by atoms with Crippen molar-refractivity contribution in [3.8, 4) is 11.3 Å². The lowest BCUT2D eigenvalue weighted by atomic mass is 10.1. The fourth-order valence-corrected chi connectivity index (χ4v) is 3.88. The summed E-state index contributed by atoms with van der Waals surface area (Å²) >= 11 is 0. The van der Waals surface area contributed by atoms with E-state index in [2.05, 4.69) is 45.4 Å². The highest BCUT2D eigenvalue weighted by atomic mass is 16.5. The molecule has 1 aromatic carbocycles. The minimum Gasteiger partial charge on any atom is -0.379 e. The Labute approximate surface area is 167 Å². The topological polar surface area (TPSA) is 53.5 Å². The van der Waals surface area contributed by atoms with Gasteiger partial charge in [-0.3, -0.25) is 4.90 Å². The molecule has 2 aliphatic heterocycles. The molecule has 1 N–H and O–H groups in total. The van der Waals surface area contributed by atoms with Crippen LogP contribution >= 0.6 is 0 Å². The number of nitrogens with zero attached hydrogens (tertiary/aromatic N) is 4. The van der Waals surface area contributed by atoms with Crippen molar-refractivity contribution in [3.05, 3.63) is 36.4 Å². The van der Waals surface area contributed by atoms with Crippen molar-refractivity contribution in [1.29, 1.82) is 0 Å². The minimum atomic E-state index is 0.730. The van der Waals surface area contributed by atoms with E-state index in [9.17, 15) is 0 Å². The number of benzene rings is 1. The van der Waals surface area contributed by atoms with Crippen LogP contribution in [0.1, 0.15) is 25.7 Å². The lowest BCUT2D eigenvalue weighted by Crippen LogP contribution is -2.39. The summed E-state index contributed by atoms with van der Waals surface area (Å²) in [6.07, 6.45) is 5.12. The van der Waals surface area contributed by atoms with E-state index < -0.39 is 0 Å². The standard InChI is InChI=1S/C22H31N5O/c1-2-7-12-27(11-6-1)21-18-20(19-8-4-3-5-9-19)24-22(25-21)23-10-13-26-14-16-28-17-15-26/h3-5,8-9,18H,1-2,6-7,10-17H2,(H,23,24,25). The maximum atomic E-state index is 5.43. The van der Waals surface area contributed by atoms with Crippen LogP contribution in [0.15, 0.2) is 36.4 Å². The molecule has 0 amide bonds. The van der Waals surface area contributed by atoms with Crippen LogP contribution < -0.4 is 10.2 Å². The summed E-state index contributed by atoms with van der Waals surface area (Å²) in [5.41, 5.74) is 2.13. The minimum absolute atomic E-state index is 0.730. The maximum Gasteiger partial charge on any atom is 0.225 e. The lowest BCUT2D eigenvalue weighted by molar-refractivity contribution is 0.0398. The van der Waals surface area contributed by atoms with Gasteiger partial charge < -0.3 is 15.0 Å². The Morgan fingerprint density at radius 3 is 2.39 bits per heavy atom. The number of morpholine rings is 1. The highest BCUT2D eigenvalue weighted by Gasteiger charge is 2.15. The van der Waals surface area contributed by atoms with Crippen molar-refractivity contribution in [3.63, 3.8) is 0 Å². The number of hydrogen-bond acceptors (Lipinski definition) is 6. The molecule has 150 valence electrons. The molecule has 1 aromatic heterocycles. The number of rotatable bonds is 6. The van der Waals surface area contributed by atoms with E-state index in [1.165, 1.54) is 25.7 Å². The molecule has 0 radical (unpaired) electrons. The van der Waals surface area contributed by atoms with Crippen molar-refractivity contribution in [2.45, 2.75) is 25.7 Å². The van der Waals surface area contributed by atoms with E-state index >= 15 is 0 Å². The normalized spacial score (nSPS) is 18.6. The smallest absolute Gasteiger partial charge is 0.225 e. The van der Waals surface area contributed by atoms with Crippen LogP contribution in [0, 0.1) is 0 Å². The zero-order valence-electron chi connectivity index (χ0n) is 16.6. The predicted octanol–water partition coefficient (Wildman–Crippen LogP) is 3.27. The van der Waals surface area contributed by atoms with E-state index in [1.807, 2.05) is 6.07 Å². The molecule has 3 heterocycles. The van der Waals surface area contributed by atoms with E-state index in [4.69, 9.17) is 14.7 Å². The zero-order valence-corrected chi connectivity index (χ0v) is 16.6. The molecule has 0 spiro atoms. The van der Waals surface area contributed by atoms with Crippen LogP contribution in [-0.2, 0) is 4.74 Å². The van der Waals surface area contributed by atoms with Crippen LogP contribution in [0.25, 0.3) is 11.3 Å². The van der Waals surface area contributed by atoms with Crippen molar-refractivity contribution in [1.82, 2.24) is 14.9 Å². The molecule has 6 heteroatoms. The van der Waals surface area contributed by atoms with Gasteiger partial charge in [0, 0.05) is 50.9 Å². The summed E-state index contributed by atoms with van der Waals surface area (Å²) < 4.78 is 5.43. The van der Waals surface area contributed by atoms with Gasteiger partial charge in [0.25, 0.3) is 0 Å². The summed E-state index contributed by atoms with van der Waals surface area (Å²) in [4.78, 5) is 14.5. The van der Waals surface area contributed by atoms with Gasteiger partial charge in [0.2, 0.25) is 5.95 Å². The first-order valence-corrected chi connectivity index (χ1v) is 10.6. The van der Waals surface area contributed by atoms with Crippen LogP contribution in [0.4, 0.5) is 11.8 Å². The third-order valence-electron chi connectivity index (χ3n) is 5.53. The van der Waals surface area contributed by atoms with Crippen molar-refractivity contribution in [2.75, 3.05) is 62.7 Å². The van der Waals surface area contributed by atoms with Crippen LogP contribution in [0.5, 0.6) is 0 Å². The molecule has 0 aliphatic carbocycles. The maximum absolute atomic E-state index is 5.43. The molecule has 2 aliphatic rings. The number of nitrogens with one attached hydrogen (secondary N) is 1. The quantitative estimate of drug-likeness (QED) is 0.829. The van der Waals surface area contributed by atoms with Gasteiger partial charge in [-0.25, -0.2) is 4.98 Å². The van der Waals surface area contributed by atoms with E-state index in [1.54, 1.807) is 0 Å². The first-order chi connectivity index (χ1) is 13.9. The fraction of sp³-hybridized carbons (Fsp3) is 0.545.